The molecule has 5 nitrogen and oxygen atoms in total. The molecule has 31 heavy (non-hydrogen) atoms. The van der Waals surface area contributed by atoms with Gasteiger partial charge >= 0.3 is 0 Å². The molecular weight excluding hydrogens is 413 g/mol. The summed E-state index contributed by atoms with van der Waals surface area (Å²) >= 11 is 1.86. The Kier molecular flexibility index (Phi) is 7.15. The molecule has 0 aliphatic carbocycles. The maximum atomic E-state index is 14.0. The summed E-state index contributed by atoms with van der Waals surface area (Å²) in [5.41, 5.74) is 1.98. The monoisotopic (exact) mass is 443 g/mol. The number of ether oxygens (including phenoxy) is 1. The molecule has 0 radical (unpaired) electrons. The fraction of sp³-hybridized carbons (Fsp3) is 0.458. The van der Waals surface area contributed by atoms with Gasteiger partial charge in [-0.3, -0.25) is 14.6 Å². The lowest BCUT2D eigenvalue weighted by molar-refractivity contribution is -0.120. The van der Waals surface area contributed by atoms with E-state index in [-0.39, 0.29) is 17.5 Å². The second-order valence-corrected chi connectivity index (χ2v) is 9.73. The van der Waals surface area contributed by atoms with Crippen molar-refractivity contribution in [1.82, 2.24) is 9.80 Å². The van der Waals surface area contributed by atoms with Crippen LogP contribution >= 0.6 is 11.8 Å². The number of halogens is 1. The summed E-state index contributed by atoms with van der Waals surface area (Å²) in [6.45, 7) is 7.55. The van der Waals surface area contributed by atoms with Crippen molar-refractivity contribution in [1.29, 1.82) is 0 Å². The number of benzene rings is 2. The number of carbonyl (C=O) groups is 1. The molecule has 0 saturated carbocycles. The Morgan fingerprint density at radius 2 is 1.84 bits per heavy atom. The Morgan fingerprint density at radius 1 is 1.10 bits per heavy atom. The van der Waals surface area contributed by atoms with E-state index in [1.807, 2.05) is 34.9 Å². The first-order valence-corrected chi connectivity index (χ1v) is 11.7. The molecule has 1 saturated heterocycles. The van der Waals surface area contributed by atoms with E-state index < -0.39 is 0 Å². The van der Waals surface area contributed by atoms with E-state index in [2.05, 4.69) is 28.9 Å². The topological polar surface area (TPSA) is 36.0 Å². The zero-order chi connectivity index (χ0) is 21.8. The van der Waals surface area contributed by atoms with Gasteiger partial charge in [-0.1, -0.05) is 25.1 Å². The molecule has 166 valence electrons. The number of hydrogen-bond acceptors (Lipinski definition) is 5. The Morgan fingerprint density at radius 3 is 2.58 bits per heavy atom. The number of thioether (sulfide) groups is 1. The molecule has 2 aliphatic heterocycles. The molecule has 2 aliphatic rings. The molecule has 2 aromatic carbocycles. The normalized spacial score (nSPS) is 20.2. The fourth-order valence-electron chi connectivity index (χ4n) is 4.19. The highest BCUT2D eigenvalue weighted by Gasteiger charge is 2.26. The number of carbonyl (C=O) groups excluding carboxylic acids is 1. The molecule has 1 fully saturated rings. The first-order valence-electron chi connectivity index (χ1n) is 10.9. The Balaban J connectivity index is 1.32. The molecule has 0 N–H and O–H groups in total. The summed E-state index contributed by atoms with van der Waals surface area (Å²) in [5, 5.41) is 0.505. The number of methoxy groups -OCH3 is 1. The summed E-state index contributed by atoms with van der Waals surface area (Å²) in [5.74, 6) is 0.122. The van der Waals surface area contributed by atoms with Gasteiger partial charge in [0.2, 0.25) is 5.91 Å². The summed E-state index contributed by atoms with van der Waals surface area (Å²) in [6, 6.07) is 13.4. The van der Waals surface area contributed by atoms with Gasteiger partial charge in [-0.2, -0.15) is 0 Å². The predicted molar refractivity (Wildman–Crippen MR) is 123 cm³/mol. The van der Waals surface area contributed by atoms with Crippen molar-refractivity contribution in [2.24, 2.45) is 0 Å². The third kappa shape index (κ3) is 5.40. The van der Waals surface area contributed by atoms with Crippen LogP contribution < -0.4 is 9.64 Å². The van der Waals surface area contributed by atoms with Crippen LogP contribution in [0.2, 0.25) is 0 Å². The molecule has 0 spiro atoms. The minimum atomic E-state index is -0.325. The largest absolute Gasteiger partial charge is 0.494 e. The van der Waals surface area contributed by atoms with E-state index in [4.69, 9.17) is 4.74 Å². The summed E-state index contributed by atoms with van der Waals surface area (Å²) < 4.78 is 18.9. The zero-order valence-electron chi connectivity index (χ0n) is 18.2. The maximum Gasteiger partial charge on any atom is 0.241 e. The van der Waals surface area contributed by atoms with E-state index in [0.717, 1.165) is 50.4 Å². The summed E-state index contributed by atoms with van der Waals surface area (Å²) in [7, 11) is 1.47. The molecular formula is C24H30FN3O2S. The third-order valence-corrected chi connectivity index (χ3v) is 7.23. The van der Waals surface area contributed by atoms with Crippen LogP contribution in [-0.2, 0) is 11.3 Å². The number of nitrogens with zero attached hydrogens (tertiary/aromatic N) is 3. The van der Waals surface area contributed by atoms with Crippen molar-refractivity contribution in [3.63, 3.8) is 0 Å². The minimum Gasteiger partial charge on any atom is -0.494 e. The fourth-order valence-corrected chi connectivity index (χ4v) is 5.31. The number of rotatable bonds is 5. The van der Waals surface area contributed by atoms with Gasteiger partial charge in [0.1, 0.15) is 0 Å². The van der Waals surface area contributed by atoms with E-state index in [0.29, 0.717) is 18.3 Å². The number of piperazine rings is 1. The zero-order valence-corrected chi connectivity index (χ0v) is 19.0. The van der Waals surface area contributed by atoms with Gasteiger partial charge in [0.05, 0.1) is 19.3 Å². The van der Waals surface area contributed by atoms with Crippen LogP contribution in [0.5, 0.6) is 5.75 Å². The molecule has 7 heteroatoms. The molecule has 4 rings (SSSR count). The summed E-state index contributed by atoms with van der Waals surface area (Å²) in [4.78, 5) is 20.9. The lowest BCUT2D eigenvalue weighted by Crippen LogP contribution is -2.50. The SMILES string of the molecule is COc1ccc(CN2CCN(CC(=O)N3CCC(C)Sc4ccccc43)CC2)cc1F. The lowest BCUT2D eigenvalue weighted by Gasteiger charge is -2.35. The van der Waals surface area contributed by atoms with Crippen molar-refractivity contribution < 1.29 is 13.9 Å². The quantitative estimate of drug-likeness (QED) is 0.701. The Bertz CT molecular complexity index is 917. The van der Waals surface area contributed by atoms with Gasteiger partial charge in [0.25, 0.3) is 0 Å². The number of fused-ring (bicyclic) bond motifs is 1. The smallest absolute Gasteiger partial charge is 0.241 e. The van der Waals surface area contributed by atoms with Crippen LogP contribution in [-0.4, -0.2) is 67.3 Å². The number of para-hydroxylation sites is 1. The average Bonchev–Trinajstić information content (AvgIpc) is 2.93. The van der Waals surface area contributed by atoms with E-state index >= 15 is 0 Å². The van der Waals surface area contributed by atoms with E-state index in [1.54, 1.807) is 12.1 Å². The van der Waals surface area contributed by atoms with Crippen LogP contribution in [0, 0.1) is 5.82 Å². The van der Waals surface area contributed by atoms with Gasteiger partial charge in [-0.25, -0.2) is 4.39 Å². The van der Waals surface area contributed by atoms with Crippen LogP contribution in [0.1, 0.15) is 18.9 Å². The van der Waals surface area contributed by atoms with Gasteiger partial charge in [-0.05, 0) is 36.2 Å². The molecule has 1 atom stereocenters. The highest BCUT2D eigenvalue weighted by Crippen LogP contribution is 2.37. The maximum absolute atomic E-state index is 14.0. The Labute approximate surface area is 188 Å². The van der Waals surface area contributed by atoms with Crippen LogP contribution in [0.15, 0.2) is 47.4 Å². The highest BCUT2D eigenvalue weighted by molar-refractivity contribution is 8.00. The number of anilines is 1. The summed E-state index contributed by atoms with van der Waals surface area (Å²) in [6.07, 6.45) is 0.997. The standard InChI is InChI=1S/C24H30FN3O2S/c1-18-9-10-28(21-5-3-4-6-23(21)31-18)24(29)17-27-13-11-26(12-14-27)16-19-7-8-22(30-2)20(25)15-19/h3-8,15,18H,9-14,16-17H2,1-2H3. The van der Waals surface area contributed by atoms with Crippen molar-refractivity contribution in [3.05, 3.63) is 53.8 Å². The van der Waals surface area contributed by atoms with Crippen LogP contribution in [0.3, 0.4) is 0 Å². The van der Waals surface area contributed by atoms with E-state index in [9.17, 15) is 9.18 Å². The first-order chi connectivity index (χ1) is 15.0. The predicted octanol–water partition coefficient (Wildman–Crippen LogP) is 3.87. The van der Waals surface area contributed by atoms with E-state index in [1.165, 1.54) is 12.0 Å². The van der Waals surface area contributed by atoms with Gasteiger partial charge in [0, 0.05) is 49.4 Å². The highest BCUT2D eigenvalue weighted by atomic mass is 32.2. The van der Waals surface area contributed by atoms with Crippen LogP contribution in [0.4, 0.5) is 10.1 Å². The van der Waals surface area contributed by atoms with Crippen molar-refractivity contribution >= 4 is 23.4 Å². The van der Waals surface area contributed by atoms with Crippen molar-refractivity contribution in [3.8, 4) is 5.75 Å². The molecule has 1 unspecified atom stereocenters. The second-order valence-electron chi connectivity index (χ2n) is 8.25. The Hall–Kier alpha value is -2.09. The van der Waals surface area contributed by atoms with Gasteiger partial charge < -0.3 is 9.64 Å². The van der Waals surface area contributed by atoms with Crippen molar-refractivity contribution in [2.45, 2.75) is 30.0 Å². The van der Waals surface area contributed by atoms with Crippen molar-refractivity contribution in [2.75, 3.05) is 51.3 Å². The molecule has 0 bridgehead atoms. The molecule has 0 aromatic heterocycles. The van der Waals surface area contributed by atoms with Crippen LogP contribution in [0.25, 0.3) is 0 Å². The minimum absolute atomic E-state index is 0.174. The first kappa shape index (κ1) is 22.1. The number of hydrogen-bond donors (Lipinski definition) is 0. The average molecular weight is 444 g/mol. The lowest BCUT2D eigenvalue weighted by atomic mass is 10.1. The third-order valence-electron chi connectivity index (χ3n) is 5.99. The van der Waals surface area contributed by atoms with Gasteiger partial charge in [0.15, 0.2) is 11.6 Å². The molecule has 2 aromatic rings. The number of amides is 1. The molecule has 1 amide bonds. The molecule has 2 heterocycles. The van der Waals surface area contributed by atoms with Gasteiger partial charge in [-0.15, -0.1) is 11.8 Å². The second kappa shape index (κ2) is 10.0.